The van der Waals surface area contributed by atoms with Gasteiger partial charge in [-0.2, -0.15) is 5.10 Å². The maximum absolute atomic E-state index is 13.0. The molecule has 0 radical (unpaired) electrons. The van der Waals surface area contributed by atoms with Crippen molar-refractivity contribution in [3.63, 3.8) is 0 Å². The summed E-state index contributed by atoms with van der Waals surface area (Å²) in [5.74, 6) is -0.808. The second kappa shape index (κ2) is 8.63. The van der Waals surface area contributed by atoms with E-state index in [-0.39, 0.29) is 24.5 Å². The average molecular weight is 424 g/mol. The van der Waals surface area contributed by atoms with Gasteiger partial charge in [-0.3, -0.25) is 0 Å². The van der Waals surface area contributed by atoms with Crippen LogP contribution in [0.3, 0.4) is 0 Å². The topological polar surface area (TPSA) is 112 Å². The highest BCUT2D eigenvalue weighted by molar-refractivity contribution is 5.95. The summed E-state index contributed by atoms with van der Waals surface area (Å²) in [6.07, 6.45) is 2.10. The Hall–Kier alpha value is -3.62. The van der Waals surface area contributed by atoms with Gasteiger partial charge in [0.15, 0.2) is 5.69 Å². The van der Waals surface area contributed by atoms with Crippen molar-refractivity contribution in [1.29, 1.82) is 0 Å². The summed E-state index contributed by atoms with van der Waals surface area (Å²) in [7, 11) is 0. The molecule has 1 aliphatic carbocycles. The molecule has 1 aliphatic heterocycles. The molecule has 0 saturated heterocycles. The first kappa shape index (κ1) is 20.6. The molecule has 9 nitrogen and oxygen atoms in total. The van der Waals surface area contributed by atoms with Gasteiger partial charge in [0, 0.05) is 5.92 Å². The summed E-state index contributed by atoms with van der Waals surface area (Å²) in [6.45, 7) is 3.28. The summed E-state index contributed by atoms with van der Waals surface area (Å²) in [5.41, 5.74) is 2.32. The van der Waals surface area contributed by atoms with Gasteiger partial charge in [-0.1, -0.05) is 18.2 Å². The quantitative estimate of drug-likeness (QED) is 0.661. The van der Waals surface area contributed by atoms with Gasteiger partial charge in [-0.15, -0.1) is 0 Å². The second-order valence-corrected chi connectivity index (χ2v) is 7.49. The highest BCUT2D eigenvalue weighted by Gasteiger charge is 2.32. The van der Waals surface area contributed by atoms with Crippen molar-refractivity contribution >= 4 is 18.0 Å². The Morgan fingerprint density at radius 2 is 1.90 bits per heavy atom. The Balaban J connectivity index is 1.58. The predicted molar refractivity (Wildman–Crippen MR) is 111 cm³/mol. The van der Waals surface area contributed by atoms with E-state index >= 15 is 0 Å². The fraction of sp³-hybridized carbons (Fsp3) is 0.364. The monoisotopic (exact) mass is 424 g/mol. The SMILES string of the molecule is CCOC(=O)C1=C(COC(=O)c2cc(C3CC3)nn2-c2ccccc2)NC(=O)NC1C. The average Bonchev–Trinajstić information content (AvgIpc) is 3.50. The third-order valence-corrected chi connectivity index (χ3v) is 5.15. The lowest BCUT2D eigenvalue weighted by Crippen LogP contribution is -2.50. The molecule has 1 aromatic carbocycles. The molecule has 9 heteroatoms. The van der Waals surface area contributed by atoms with Crippen molar-refractivity contribution in [2.24, 2.45) is 0 Å². The van der Waals surface area contributed by atoms with E-state index in [2.05, 4.69) is 15.7 Å². The Kier molecular flexibility index (Phi) is 5.75. The van der Waals surface area contributed by atoms with E-state index < -0.39 is 24.0 Å². The van der Waals surface area contributed by atoms with Crippen LogP contribution in [0.5, 0.6) is 0 Å². The van der Waals surface area contributed by atoms with Crippen LogP contribution in [-0.2, 0) is 14.3 Å². The maximum Gasteiger partial charge on any atom is 0.357 e. The highest BCUT2D eigenvalue weighted by Crippen LogP contribution is 2.39. The molecule has 31 heavy (non-hydrogen) atoms. The number of para-hydroxylation sites is 1. The molecule has 162 valence electrons. The minimum Gasteiger partial charge on any atom is -0.463 e. The van der Waals surface area contributed by atoms with E-state index in [1.165, 1.54) is 0 Å². The third-order valence-electron chi connectivity index (χ3n) is 5.15. The lowest BCUT2D eigenvalue weighted by atomic mass is 10.0. The molecule has 2 aliphatic rings. The van der Waals surface area contributed by atoms with Gasteiger partial charge < -0.3 is 20.1 Å². The zero-order valence-electron chi connectivity index (χ0n) is 17.4. The van der Waals surface area contributed by atoms with Crippen LogP contribution >= 0.6 is 0 Å². The number of rotatable bonds is 7. The van der Waals surface area contributed by atoms with Crippen LogP contribution in [0.2, 0.25) is 0 Å². The summed E-state index contributed by atoms with van der Waals surface area (Å²) < 4.78 is 12.1. The largest absolute Gasteiger partial charge is 0.463 e. The molecule has 2 aromatic rings. The van der Waals surface area contributed by atoms with Crippen LogP contribution in [0.1, 0.15) is 48.8 Å². The molecule has 4 rings (SSSR count). The standard InChI is InChI=1S/C22H24N4O5/c1-3-30-21(28)19-13(2)23-22(29)24-17(19)12-31-20(27)18-11-16(14-9-10-14)25-26(18)15-7-5-4-6-8-15/h4-8,11,13-14H,3,9-10,12H2,1-2H3,(H2,23,24,29). The molecule has 0 bridgehead atoms. The van der Waals surface area contributed by atoms with E-state index in [0.717, 1.165) is 24.2 Å². The van der Waals surface area contributed by atoms with Crippen molar-refractivity contribution < 1.29 is 23.9 Å². The van der Waals surface area contributed by atoms with Crippen LogP contribution in [0.25, 0.3) is 5.69 Å². The number of carbonyl (C=O) groups is 3. The van der Waals surface area contributed by atoms with E-state index in [1.54, 1.807) is 24.6 Å². The number of esters is 2. The summed E-state index contributed by atoms with van der Waals surface area (Å²) >= 11 is 0. The molecule has 1 unspecified atom stereocenters. The Bertz CT molecular complexity index is 1040. The van der Waals surface area contributed by atoms with Gasteiger partial charge in [0.25, 0.3) is 0 Å². The molecule has 1 aromatic heterocycles. The maximum atomic E-state index is 13.0. The third kappa shape index (κ3) is 4.45. The molecular formula is C22H24N4O5. The minimum absolute atomic E-state index is 0.191. The normalized spacial score (nSPS) is 18.3. The van der Waals surface area contributed by atoms with Gasteiger partial charge in [-0.25, -0.2) is 19.1 Å². The molecule has 2 N–H and O–H groups in total. The first-order valence-corrected chi connectivity index (χ1v) is 10.3. The smallest absolute Gasteiger partial charge is 0.357 e. The van der Waals surface area contributed by atoms with Crippen LogP contribution in [0.4, 0.5) is 4.79 Å². The van der Waals surface area contributed by atoms with Gasteiger partial charge in [-0.05, 0) is 44.9 Å². The number of benzene rings is 1. The highest BCUT2D eigenvalue weighted by atomic mass is 16.5. The summed E-state index contributed by atoms with van der Waals surface area (Å²) in [6, 6.07) is 10.0. The van der Waals surface area contributed by atoms with E-state index in [1.807, 2.05) is 30.3 Å². The molecular weight excluding hydrogens is 400 g/mol. The number of nitrogens with zero attached hydrogens (tertiary/aromatic N) is 2. The van der Waals surface area contributed by atoms with Gasteiger partial charge >= 0.3 is 18.0 Å². The molecule has 1 saturated carbocycles. The molecule has 2 amide bonds. The number of hydrogen-bond donors (Lipinski definition) is 2. The predicted octanol–water partition coefficient (Wildman–Crippen LogP) is 2.43. The number of ether oxygens (including phenoxy) is 2. The van der Waals surface area contributed by atoms with Crippen LogP contribution in [0, 0.1) is 0 Å². The first-order chi connectivity index (χ1) is 15.0. The van der Waals surface area contributed by atoms with Crippen molar-refractivity contribution in [3.05, 3.63) is 59.1 Å². The summed E-state index contributed by atoms with van der Waals surface area (Å²) in [5, 5.41) is 9.76. The summed E-state index contributed by atoms with van der Waals surface area (Å²) in [4.78, 5) is 37.2. The molecule has 0 spiro atoms. The number of nitrogens with one attached hydrogen (secondary N) is 2. The lowest BCUT2D eigenvalue weighted by Gasteiger charge is -2.26. The zero-order valence-corrected chi connectivity index (χ0v) is 17.4. The number of amides is 2. The van der Waals surface area contributed by atoms with E-state index in [4.69, 9.17) is 9.47 Å². The Morgan fingerprint density at radius 3 is 2.58 bits per heavy atom. The molecule has 1 atom stereocenters. The van der Waals surface area contributed by atoms with Gasteiger partial charge in [0.2, 0.25) is 0 Å². The van der Waals surface area contributed by atoms with Gasteiger partial charge in [0.05, 0.1) is 35.3 Å². The molecule has 2 heterocycles. The Labute approximate surface area is 179 Å². The second-order valence-electron chi connectivity index (χ2n) is 7.49. The fourth-order valence-electron chi connectivity index (χ4n) is 3.49. The lowest BCUT2D eigenvalue weighted by molar-refractivity contribution is -0.139. The van der Waals surface area contributed by atoms with Gasteiger partial charge in [0.1, 0.15) is 6.61 Å². The van der Waals surface area contributed by atoms with E-state index in [9.17, 15) is 14.4 Å². The minimum atomic E-state index is -0.598. The van der Waals surface area contributed by atoms with Crippen LogP contribution in [0.15, 0.2) is 47.7 Å². The van der Waals surface area contributed by atoms with Crippen molar-refractivity contribution in [1.82, 2.24) is 20.4 Å². The number of aromatic nitrogens is 2. The van der Waals surface area contributed by atoms with Crippen molar-refractivity contribution in [2.45, 2.75) is 38.6 Å². The van der Waals surface area contributed by atoms with E-state index in [0.29, 0.717) is 11.6 Å². The number of urea groups is 1. The van der Waals surface area contributed by atoms with Crippen molar-refractivity contribution in [2.75, 3.05) is 13.2 Å². The van der Waals surface area contributed by atoms with Crippen molar-refractivity contribution in [3.8, 4) is 5.69 Å². The van der Waals surface area contributed by atoms with Crippen LogP contribution in [-0.4, -0.2) is 47.0 Å². The zero-order chi connectivity index (χ0) is 22.0. The fourth-order valence-corrected chi connectivity index (χ4v) is 3.49. The number of hydrogen-bond acceptors (Lipinski definition) is 6. The molecule has 1 fully saturated rings. The number of carbonyl (C=O) groups excluding carboxylic acids is 3. The Morgan fingerprint density at radius 1 is 1.16 bits per heavy atom. The van der Waals surface area contributed by atoms with Crippen LogP contribution < -0.4 is 10.6 Å². The first-order valence-electron chi connectivity index (χ1n) is 10.3.